The number of rotatable bonds is 9. The van der Waals surface area contributed by atoms with E-state index in [0.717, 1.165) is 60.1 Å². The summed E-state index contributed by atoms with van der Waals surface area (Å²) in [5.74, 6) is 3.24. The molecule has 0 atom stereocenters. The second kappa shape index (κ2) is 9.32. The Morgan fingerprint density at radius 3 is 1.68 bits per heavy atom. The Hall–Kier alpha value is -2.22. The van der Waals surface area contributed by atoms with Crippen molar-refractivity contribution in [3.05, 3.63) is 48.0 Å². The third-order valence-corrected chi connectivity index (χ3v) is 5.28. The first-order chi connectivity index (χ1) is 13.5. The Balaban J connectivity index is 2.15. The number of hydrogen-bond donors (Lipinski definition) is 0. The average molecular weight is 379 g/mol. The van der Waals surface area contributed by atoms with Gasteiger partial charge in [0.05, 0.1) is 13.2 Å². The number of ether oxygens (including phenoxy) is 2. The topological polar surface area (TPSA) is 18.5 Å². The van der Waals surface area contributed by atoms with Crippen LogP contribution >= 0.6 is 0 Å². The third kappa shape index (κ3) is 4.60. The summed E-state index contributed by atoms with van der Waals surface area (Å²) < 4.78 is 12.7. The van der Waals surface area contributed by atoms with Crippen LogP contribution in [0, 0.1) is 11.8 Å². The maximum Gasteiger partial charge on any atom is 0.135 e. The average Bonchev–Trinajstić information content (AvgIpc) is 2.68. The van der Waals surface area contributed by atoms with Gasteiger partial charge in [0.2, 0.25) is 0 Å². The highest BCUT2D eigenvalue weighted by molar-refractivity contribution is 6.11. The molecule has 0 aliphatic carbocycles. The summed E-state index contributed by atoms with van der Waals surface area (Å²) in [7, 11) is 0. The fourth-order valence-electron chi connectivity index (χ4n) is 3.47. The molecule has 0 bridgehead atoms. The predicted octanol–water partition coefficient (Wildman–Crippen LogP) is 7.41. The van der Waals surface area contributed by atoms with Crippen molar-refractivity contribution in [3.63, 3.8) is 0 Å². The minimum Gasteiger partial charge on any atom is -0.492 e. The van der Waals surface area contributed by atoms with Gasteiger partial charge < -0.3 is 9.47 Å². The molecule has 0 saturated carbocycles. The lowest BCUT2D eigenvalue weighted by Crippen LogP contribution is -2.05. The minimum atomic E-state index is 0.627. The Kier molecular flexibility index (Phi) is 6.83. The molecule has 28 heavy (non-hydrogen) atoms. The van der Waals surface area contributed by atoms with Gasteiger partial charge in [0.25, 0.3) is 0 Å². The molecule has 0 spiro atoms. The SMILES string of the molecule is CCc1ccc2c(OCCC(C)C)c3ccccc3c(OCCC(C)C)c2c1. The Morgan fingerprint density at radius 1 is 0.679 bits per heavy atom. The van der Waals surface area contributed by atoms with Gasteiger partial charge in [-0.15, -0.1) is 0 Å². The van der Waals surface area contributed by atoms with Crippen LogP contribution in [-0.4, -0.2) is 13.2 Å². The Bertz CT molecular complexity index is 925. The molecule has 0 radical (unpaired) electrons. The van der Waals surface area contributed by atoms with E-state index < -0.39 is 0 Å². The van der Waals surface area contributed by atoms with E-state index in [1.165, 1.54) is 10.9 Å². The van der Waals surface area contributed by atoms with Crippen LogP contribution in [-0.2, 0) is 6.42 Å². The zero-order valence-electron chi connectivity index (χ0n) is 18.0. The molecule has 3 aromatic rings. The zero-order chi connectivity index (χ0) is 20.1. The van der Waals surface area contributed by atoms with Crippen molar-refractivity contribution >= 4 is 21.5 Å². The quantitative estimate of drug-likeness (QED) is 0.361. The molecule has 0 aromatic heterocycles. The summed E-state index contributed by atoms with van der Waals surface area (Å²) >= 11 is 0. The molecule has 2 nitrogen and oxygen atoms in total. The van der Waals surface area contributed by atoms with Gasteiger partial charge in [0, 0.05) is 21.5 Å². The smallest absolute Gasteiger partial charge is 0.135 e. The summed E-state index contributed by atoms with van der Waals surface area (Å²) in [4.78, 5) is 0. The molecule has 0 heterocycles. The first-order valence-electron chi connectivity index (χ1n) is 10.7. The number of benzene rings is 3. The van der Waals surface area contributed by atoms with Crippen molar-refractivity contribution in [1.29, 1.82) is 0 Å². The van der Waals surface area contributed by atoms with Gasteiger partial charge in [-0.2, -0.15) is 0 Å². The van der Waals surface area contributed by atoms with Crippen molar-refractivity contribution < 1.29 is 9.47 Å². The van der Waals surface area contributed by atoms with Gasteiger partial charge >= 0.3 is 0 Å². The van der Waals surface area contributed by atoms with E-state index in [9.17, 15) is 0 Å². The molecular formula is C26H34O2. The van der Waals surface area contributed by atoms with Gasteiger partial charge in [-0.3, -0.25) is 0 Å². The molecule has 3 rings (SSSR count). The van der Waals surface area contributed by atoms with Crippen LogP contribution in [0.3, 0.4) is 0 Å². The summed E-state index contributed by atoms with van der Waals surface area (Å²) in [6.45, 7) is 12.6. The molecule has 3 aromatic carbocycles. The van der Waals surface area contributed by atoms with Crippen LogP contribution in [0.1, 0.15) is 53.0 Å². The van der Waals surface area contributed by atoms with Crippen LogP contribution < -0.4 is 9.47 Å². The monoisotopic (exact) mass is 378 g/mol. The predicted molar refractivity (Wildman–Crippen MR) is 121 cm³/mol. The Labute approximate surface area is 169 Å². The highest BCUT2D eigenvalue weighted by atomic mass is 16.5. The molecule has 0 unspecified atom stereocenters. The normalized spacial score (nSPS) is 11.7. The second-order valence-corrected chi connectivity index (χ2v) is 8.50. The fraction of sp³-hybridized carbons (Fsp3) is 0.462. The van der Waals surface area contributed by atoms with Gasteiger partial charge in [-0.25, -0.2) is 0 Å². The number of aryl methyl sites for hydroxylation is 1. The summed E-state index contributed by atoms with van der Waals surface area (Å²) in [6.07, 6.45) is 3.11. The lowest BCUT2D eigenvalue weighted by molar-refractivity contribution is 0.291. The van der Waals surface area contributed by atoms with Crippen molar-refractivity contribution in [1.82, 2.24) is 0 Å². The van der Waals surface area contributed by atoms with Crippen molar-refractivity contribution in [2.45, 2.75) is 53.9 Å². The largest absolute Gasteiger partial charge is 0.492 e. The van der Waals surface area contributed by atoms with Crippen molar-refractivity contribution in [2.75, 3.05) is 13.2 Å². The summed E-state index contributed by atoms with van der Waals surface area (Å²) in [6, 6.07) is 15.2. The number of fused-ring (bicyclic) bond motifs is 2. The van der Waals surface area contributed by atoms with E-state index in [2.05, 4.69) is 77.1 Å². The number of hydrogen-bond acceptors (Lipinski definition) is 2. The van der Waals surface area contributed by atoms with Crippen molar-refractivity contribution in [2.24, 2.45) is 11.8 Å². The lowest BCUT2D eigenvalue weighted by atomic mass is 9.98. The molecule has 0 fully saturated rings. The highest BCUT2D eigenvalue weighted by Gasteiger charge is 2.16. The minimum absolute atomic E-state index is 0.627. The molecular weight excluding hydrogens is 344 g/mol. The van der Waals surface area contributed by atoms with Gasteiger partial charge in [-0.05, 0) is 42.7 Å². The molecule has 0 saturated heterocycles. The lowest BCUT2D eigenvalue weighted by Gasteiger charge is -2.19. The van der Waals surface area contributed by atoms with Crippen LogP contribution in [0.15, 0.2) is 42.5 Å². The third-order valence-electron chi connectivity index (χ3n) is 5.28. The van der Waals surface area contributed by atoms with Crippen LogP contribution in [0.5, 0.6) is 11.5 Å². The van der Waals surface area contributed by atoms with Gasteiger partial charge in [0.15, 0.2) is 0 Å². The maximum atomic E-state index is 6.39. The van der Waals surface area contributed by atoms with E-state index in [4.69, 9.17) is 9.47 Å². The van der Waals surface area contributed by atoms with Gasteiger partial charge in [0.1, 0.15) is 11.5 Å². The second-order valence-electron chi connectivity index (χ2n) is 8.50. The standard InChI is InChI=1S/C26H34O2/c1-6-20-11-12-23-24(17-20)26(28-16-14-19(4)5)22-10-8-7-9-21(22)25(23)27-15-13-18(2)3/h7-12,17-19H,6,13-16H2,1-5H3. The first kappa shape index (κ1) is 20.5. The van der Waals surface area contributed by atoms with E-state index in [1.54, 1.807) is 0 Å². The van der Waals surface area contributed by atoms with Crippen LogP contribution in [0.4, 0.5) is 0 Å². The summed E-state index contributed by atoms with van der Waals surface area (Å²) in [5.41, 5.74) is 1.32. The summed E-state index contributed by atoms with van der Waals surface area (Å²) in [5, 5.41) is 4.61. The van der Waals surface area contributed by atoms with E-state index in [0.29, 0.717) is 11.8 Å². The fourth-order valence-corrected chi connectivity index (χ4v) is 3.47. The molecule has 150 valence electrons. The molecule has 0 N–H and O–H groups in total. The van der Waals surface area contributed by atoms with E-state index in [-0.39, 0.29) is 0 Å². The molecule has 0 amide bonds. The van der Waals surface area contributed by atoms with Crippen LogP contribution in [0.25, 0.3) is 21.5 Å². The van der Waals surface area contributed by atoms with Crippen molar-refractivity contribution in [3.8, 4) is 11.5 Å². The van der Waals surface area contributed by atoms with E-state index >= 15 is 0 Å². The Morgan fingerprint density at radius 2 is 1.18 bits per heavy atom. The van der Waals surface area contributed by atoms with Crippen LogP contribution in [0.2, 0.25) is 0 Å². The molecule has 0 aliphatic heterocycles. The van der Waals surface area contributed by atoms with Gasteiger partial charge in [-0.1, -0.05) is 71.0 Å². The van der Waals surface area contributed by atoms with E-state index in [1.807, 2.05) is 0 Å². The highest BCUT2D eigenvalue weighted by Crippen LogP contribution is 2.43. The molecule has 0 aliphatic rings. The zero-order valence-corrected chi connectivity index (χ0v) is 18.0. The first-order valence-corrected chi connectivity index (χ1v) is 10.7. The maximum absolute atomic E-state index is 6.39. The molecule has 2 heteroatoms.